The highest BCUT2D eigenvalue weighted by Gasteiger charge is 2.28. The summed E-state index contributed by atoms with van der Waals surface area (Å²) >= 11 is 9.12. The molecule has 0 fully saturated rings. The van der Waals surface area contributed by atoms with Gasteiger partial charge in [0.2, 0.25) is 5.91 Å². The lowest BCUT2D eigenvalue weighted by Gasteiger charge is -2.21. The Bertz CT molecular complexity index is 628. The summed E-state index contributed by atoms with van der Waals surface area (Å²) in [5, 5.41) is 4.51. The lowest BCUT2D eigenvalue weighted by molar-refractivity contribution is -0.122. The van der Waals surface area contributed by atoms with Crippen LogP contribution in [0, 0.1) is 5.41 Å². The molecule has 1 N–H and O–H groups in total. The van der Waals surface area contributed by atoms with Crippen molar-refractivity contribution >= 4 is 45.6 Å². The maximum Gasteiger partial charge on any atom is 0.231 e. The van der Waals surface area contributed by atoms with Crippen molar-refractivity contribution in [3.63, 3.8) is 0 Å². The van der Waals surface area contributed by atoms with Crippen LogP contribution in [0.25, 0.3) is 10.6 Å². The highest BCUT2D eigenvalue weighted by molar-refractivity contribution is 7.98. The Balaban J connectivity index is 2.19. The molecule has 0 bridgehead atoms. The number of carbonyl (C=O) groups is 1. The monoisotopic (exact) mass is 341 g/mol. The van der Waals surface area contributed by atoms with Crippen LogP contribution in [-0.4, -0.2) is 27.9 Å². The van der Waals surface area contributed by atoms with E-state index < -0.39 is 5.41 Å². The summed E-state index contributed by atoms with van der Waals surface area (Å²) in [6.07, 6.45) is 5.40. The summed E-state index contributed by atoms with van der Waals surface area (Å²) in [5.41, 5.74) is 0.426. The van der Waals surface area contributed by atoms with E-state index in [0.717, 1.165) is 16.3 Å². The number of pyridine rings is 1. The van der Waals surface area contributed by atoms with Crippen LogP contribution in [0.2, 0.25) is 5.15 Å². The van der Waals surface area contributed by atoms with Gasteiger partial charge in [-0.05, 0) is 18.4 Å². The zero-order valence-corrected chi connectivity index (χ0v) is 14.4. The molecule has 112 valence electrons. The summed E-state index contributed by atoms with van der Waals surface area (Å²) in [4.78, 5) is 20.6. The molecule has 2 aromatic heterocycles. The van der Waals surface area contributed by atoms with Crippen molar-refractivity contribution in [1.82, 2.24) is 9.97 Å². The molecule has 2 heterocycles. The lowest BCUT2D eigenvalue weighted by atomic mass is 9.95. The van der Waals surface area contributed by atoms with Crippen molar-refractivity contribution in [3.05, 3.63) is 29.7 Å². The Kier molecular flexibility index (Phi) is 5.24. The quantitative estimate of drug-likeness (QED) is 0.886. The van der Waals surface area contributed by atoms with E-state index in [0.29, 0.717) is 10.2 Å². The summed E-state index contributed by atoms with van der Waals surface area (Å²) in [6, 6.07) is 3.75. The topological polar surface area (TPSA) is 54.9 Å². The first-order valence-electron chi connectivity index (χ1n) is 6.31. The van der Waals surface area contributed by atoms with Gasteiger partial charge in [-0.2, -0.15) is 11.8 Å². The number of hydrogen-bond donors (Lipinski definition) is 1. The van der Waals surface area contributed by atoms with Crippen molar-refractivity contribution in [2.45, 2.75) is 13.8 Å². The van der Waals surface area contributed by atoms with E-state index in [1.165, 1.54) is 11.3 Å². The van der Waals surface area contributed by atoms with Gasteiger partial charge >= 0.3 is 0 Å². The number of anilines is 1. The van der Waals surface area contributed by atoms with Crippen LogP contribution in [0.1, 0.15) is 13.8 Å². The van der Waals surface area contributed by atoms with E-state index in [1.807, 2.05) is 32.2 Å². The van der Waals surface area contributed by atoms with Gasteiger partial charge < -0.3 is 5.32 Å². The normalized spacial score (nSPS) is 11.4. The highest BCUT2D eigenvalue weighted by atomic mass is 35.5. The van der Waals surface area contributed by atoms with E-state index in [2.05, 4.69) is 15.3 Å². The molecule has 0 saturated carbocycles. The number of nitrogens with zero attached hydrogens (tertiary/aromatic N) is 2. The number of aromatic nitrogens is 2. The average Bonchev–Trinajstić information content (AvgIpc) is 2.81. The number of carbonyl (C=O) groups excluding carboxylic acids is 1. The van der Waals surface area contributed by atoms with Crippen LogP contribution in [0.5, 0.6) is 0 Å². The van der Waals surface area contributed by atoms with Crippen LogP contribution in [-0.2, 0) is 4.79 Å². The van der Waals surface area contributed by atoms with E-state index in [9.17, 15) is 4.79 Å². The molecule has 2 rings (SSSR count). The van der Waals surface area contributed by atoms with Crippen molar-refractivity contribution < 1.29 is 4.79 Å². The third kappa shape index (κ3) is 3.96. The Morgan fingerprint density at radius 2 is 2.29 bits per heavy atom. The highest BCUT2D eigenvalue weighted by Crippen LogP contribution is 2.35. The van der Waals surface area contributed by atoms with Crippen LogP contribution >= 0.6 is 34.7 Å². The van der Waals surface area contributed by atoms with Gasteiger partial charge in [0.25, 0.3) is 0 Å². The van der Waals surface area contributed by atoms with Gasteiger partial charge in [0.1, 0.15) is 10.0 Å². The van der Waals surface area contributed by atoms with Crippen LogP contribution in [0.3, 0.4) is 0 Å². The second kappa shape index (κ2) is 6.77. The van der Waals surface area contributed by atoms with E-state index >= 15 is 0 Å². The fourth-order valence-electron chi connectivity index (χ4n) is 1.69. The van der Waals surface area contributed by atoms with Gasteiger partial charge in [-0.25, -0.2) is 4.98 Å². The SMILES string of the molecule is CSCC(C)(C)C(=O)Nc1sc(-c2cccnc2)nc1Cl. The van der Waals surface area contributed by atoms with Crippen molar-refractivity contribution in [1.29, 1.82) is 0 Å². The summed E-state index contributed by atoms with van der Waals surface area (Å²) in [5.74, 6) is 0.685. The van der Waals surface area contributed by atoms with Gasteiger partial charge in [-0.1, -0.05) is 36.8 Å². The number of thioether (sulfide) groups is 1. The number of halogens is 1. The van der Waals surface area contributed by atoms with Crippen molar-refractivity contribution in [2.75, 3.05) is 17.3 Å². The van der Waals surface area contributed by atoms with Crippen LogP contribution in [0.4, 0.5) is 5.00 Å². The third-order valence-electron chi connectivity index (χ3n) is 2.84. The van der Waals surface area contributed by atoms with E-state index in [1.54, 1.807) is 24.2 Å². The number of nitrogens with one attached hydrogen (secondary N) is 1. The maximum absolute atomic E-state index is 12.3. The molecule has 0 unspecified atom stereocenters. The van der Waals surface area contributed by atoms with Crippen LogP contribution < -0.4 is 5.32 Å². The van der Waals surface area contributed by atoms with E-state index in [-0.39, 0.29) is 5.91 Å². The number of rotatable bonds is 5. The predicted molar refractivity (Wildman–Crippen MR) is 91.1 cm³/mol. The van der Waals surface area contributed by atoms with Crippen LogP contribution in [0.15, 0.2) is 24.5 Å². The van der Waals surface area contributed by atoms with Gasteiger partial charge in [0.05, 0.1) is 5.41 Å². The summed E-state index contributed by atoms with van der Waals surface area (Å²) < 4.78 is 0. The number of hydrogen-bond acceptors (Lipinski definition) is 5. The standard InChI is InChI=1S/C14H16ClN3OS2/c1-14(2,8-20-3)13(19)18-12-10(15)17-11(21-12)9-5-4-6-16-7-9/h4-7H,8H2,1-3H3,(H,18,19). The molecule has 4 nitrogen and oxygen atoms in total. The minimum atomic E-state index is -0.457. The molecular formula is C14H16ClN3OS2. The molecular weight excluding hydrogens is 326 g/mol. The largest absolute Gasteiger partial charge is 0.315 e. The molecule has 0 radical (unpaired) electrons. The molecule has 0 aliphatic carbocycles. The smallest absolute Gasteiger partial charge is 0.231 e. The minimum absolute atomic E-state index is 0.0554. The molecule has 0 saturated heterocycles. The number of amides is 1. The number of thiazole rings is 1. The van der Waals surface area contributed by atoms with Gasteiger partial charge in [-0.15, -0.1) is 0 Å². The zero-order chi connectivity index (χ0) is 15.5. The van der Waals surface area contributed by atoms with Gasteiger partial charge in [0, 0.05) is 23.7 Å². The third-order valence-corrected chi connectivity index (χ3v) is 5.26. The Morgan fingerprint density at radius 1 is 1.52 bits per heavy atom. The van der Waals surface area contributed by atoms with E-state index in [4.69, 9.17) is 11.6 Å². The molecule has 0 atom stereocenters. The predicted octanol–water partition coefficient (Wildman–Crippen LogP) is 4.19. The fraction of sp³-hybridized carbons (Fsp3) is 0.357. The second-order valence-electron chi connectivity index (χ2n) is 5.15. The average molecular weight is 342 g/mol. The molecule has 1 amide bonds. The minimum Gasteiger partial charge on any atom is -0.315 e. The Morgan fingerprint density at radius 3 is 2.90 bits per heavy atom. The molecule has 0 aliphatic rings. The van der Waals surface area contributed by atoms with Crippen molar-refractivity contribution in [2.24, 2.45) is 5.41 Å². The molecule has 7 heteroatoms. The second-order valence-corrected chi connectivity index (χ2v) is 7.37. The Labute approximate surface area is 137 Å². The molecule has 0 spiro atoms. The Hall–Kier alpha value is -1.11. The molecule has 0 aliphatic heterocycles. The molecule has 21 heavy (non-hydrogen) atoms. The first-order chi connectivity index (χ1) is 9.94. The van der Waals surface area contributed by atoms with Gasteiger partial charge in [-0.3, -0.25) is 9.78 Å². The first kappa shape index (κ1) is 16.3. The lowest BCUT2D eigenvalue weighted by Crippen LogP contribution is -2.32. The molecule has 0 aromatic carbocycles. The maximum atomic E-state index is 12.3. The van der Waals surface area contributed by atoms with Gasteiger partial charge in [0.15, 0.2) is 5.15 Å². The fourth-order valence-corrected chi connectivity index (χ4v) is 3.68. The first-order valence-corrected chi connectivity index (χ1v) is 8.90. The molecule has 2 aromatic rings. The summed E-state index contributed by atoms with van der Waals surface area (Å²) in [6.45, 7) is 3.83. The van der Waals surface area contributed by atoms with Crippen molar-refractivity contribution in [3.8, 4) is 10.6 Å². The zero-order valence-electron chi connectivity index (χ0n) is 12.0. The summed E-state index contributed by atoms with van der Waals surface area (Å²) in [7, 11) is 0.